The number of hydrogen-bond donors (Lipinski definition) is 2. The minimum atomic E-state index is -0.993. The summed E-state index contributed by atoms with van der Waals surface area (Å²) in [5.74, 6) is -0.827. The van der Waals surface area contributed by atoms with Gasteiger partial charge in [-0.25, -0.2) is 9.79 Å². The first-order chi connectivity index (χ1) is 13.9. The van der Waals surface area contributed by atoms with Crippen LogP contribution in [0.15, 0.2) is 47.5 Å². The van der Waals surface area contributed by atoms with Gasteiger partial charge in [-0.1, -0.05) is 23.9 Å². The van der Waals surface area contributed by atoms with Crippen LogP contribution in [0.2, 0.25) is 0 Å². The van der Waals surface area contributed by atoms with E-state index in [1.165, 1.54) is 30.8 Å². The highest BCUT2D eigenvalue weighted by molar-refractivity contribution is 8.15. The maximum atomic E-state index is 12.4. The van der Waals surface area contributed by atoms with Gasteiger partial charge in [0.15, 0.2) is 11.0 Å². The van der Waals surface area contributed by atoms with Crippen LogP contribution in [0.1, 0.15) is 40.1 Å². The van der Waals surface area contributed by atoms with Crippen molar-refractivity contribution in [1.82, 2.24) is 4.90 Å². The average Bonchev–Trinajstić information content (AvgIpc) is 3.03. The molecule has 0 aliphatic carbocycles. The second-order valence-electron chi connectivity index (χ2n) is 6.48. The number of carboxylic acids is 1. The fraction of sp³-hybridized carbons (Fsp3) is 0.238. The molecule has 1 aliphatic heterocycles. The molecule has 1 fully saturated rings. The van der Waals surface area contributed by atoms with Crippen LogP contribution in [0.3, 0.4) is 0 Å². The van der Waals surface area contributed by atoms with Gasteiger partial charge in [-0.2, -0.15) is 0 Å². The van der Waals surface area contributed by atoms with Crippen molar-refractivity contribution in [3.8, 4) is 0 Å². The summed E-state index contributed by atoms with van der Waals surface area (Å²) >= 11 is 1.34. The number of ketones is 1. The predicted octanol–water partition coefficient (Wildman–Crippen LogP) is 3.78. The number of aliphatic imine (C=N–C) groups is 1. The predicted molar refractivity (Wildman–Crippen MR) is 114 cm³/mol. The molecule has 2 N–H and O–H groups in total. The number of nitrogens with zero attached hydrogens (tertiary/aromatic N) is 2. The van der Waals surface area contributed by atoms with Crippen molar-refractivity contribution >= 4 is 46.0 Å². The molecule has 1 heterocycles. The van der Waals surface area contributed by atoms with E-state index in [0.29, 0.717) is 29.5 Å². The number of hydrogen-bond acceptors (Lipinski definition) is 6. The molecule has 3 rings (SSSR count). The molecule has 0 atom stereocenters. The second-order valence-corrected chi connectivity index (χ2v) is 7.43. The summed E-state index contributed by atoms with van der Waals surface area (Å²) in [5, 5.41) is 12.8. The number of thioether (sulfide) groups is 1. The molecule has 7 nitrogen and oxygen atoms in total. The van der Waals surface area contributed by atoms with Crippen molar-refractivity contribution in [3.05, 3.63) is 59.2 Å². The molecule has 0 saturated carbocycles. The van der Waals surface area contributed by atoms with E-state index in [4.69, 9.17) is 5.11 Å². The normalized spacial score (nSPS) is 15.0. The van der Waals surface area contributed by atoms with Gasteiger partial charge in [0, 0.05) is 12.1 Å². The van der Waals surface area contributed by atoms with E-state index >= 15 is 0 Å². The molecule has 0 radical (unpaired) electrons. The van der Waals surface area contributed by atoms with Gasteiger partial charge >= 0.3 is 5.97 Å². The summed E-state index contributed by atoms with van der Waals surface area (Å²) in [6, 6.07) is 11.7. The SMILES string of the molecule is CCNc1ccc(C(C)=O)cc1N=C1SCC(=O)N1Cc1ccc(C(=O)O)cc1. The first kappa shape index (κ1) is 20.6. The molecule has 150 valence electrons. The van der Waals surface area contributed by atoms with Gasteiger partial charge in [0.05, 0.1) is 29.2 Å². The summed E-state index contributed by atoms with van der Waals surface area (Å²) < 4.78 is 0. The van der Waals surface area contributed by atoms with Crippen LogP contribution in [-0.2, 0) is 11.3 Å². The molecule has 0 spiro atoms. The minimum absolute atomic E-state index is 0.0555. The Morgan fingerprint density at radius 2 is 1.86 bits per heavy atom. The molecule has 2 aromatic rings. The molecule has 0 bridgehead atoms. The highest BCUT2D eigenvalue weighted by Crippen LogP contribution is 2.31. The number of carbonyl (C=O) groups is 3. The van der Waals surface area contributed by atoms with Gasteiger partial charge in [-0.3, -0.25) is 14.5 Å². The summed E-state index contributed by atoms with van der Waals surface area (Å²) in [7, 11) is 0. The Bertz CT molecular complexity index is 986. The summed E-state index contributed by atoms with van der Waals surface area (Å²) in [6.45, 7) is 4.47. The summed E-state index contributed by atoms with van der Waals surface area (Å²) in [5.41, 5.74) is 2.94. The van der Waals surface area contributed by atoms with Crippen molar-refractivity contribution < 1.29 is 19.5 Å². The Kier molecular flexibility index (Phi) is 6.33. The summed E-state index contributed by atoms with van der Waals surface area (Å²) in [6.07, 6.45) is 0. The quantitative estimate of drug-likeness (QED) is 0.673. The maximum absolute atomic E-state index is 12.4. The number of amides is 1. The molecule has 0 unspecified atom stereocenters. The van der Waals surface area contributed by atoms with E-state index in [2.05, 4.69) is 10.3 Å². The van der Waals surface area contributed by atoms with E-state index in [9.17, 15) is 14.4 Å². The van der Waals surface area contributed by atoms with Crippen LogP contribution in [-0.4, -0.2) is 45.1 Å². The fourth-order valence-corrected chi connectivity index (χ4v) is 3.75. The zero-order valence-electron chi connectivity index (χ0n) is 16.1. The van der Waals surface area contributed by atoms with E-state index in [-0.39, 0.29) is 23.0 Å². The largest absolute Gasteiger partial charge is 0.478 e. The van der Waals surface area contributed by atoms with Crippen LogP contribution in [0.5, 0.6) is 0 Å². The summed E-state index contributed by atoms with van der Waals surface area (Å²) in [4.78, 5) is 41.4. The van der Waals surface area contributed by atoms with Crippen molar-refractivity contribution in [2.24, 2.45) is 4.99 Å². The number of amidine groups is 1. The standard InChI is InChI=1S/C21H21N3O4S/c1-3-22-17-9-8-16(13(2)25)10-18(17)23-21-24(19(26)12-29-21)11-14-4-6-15(7-5-14)20(27)28/h4-10,22H,3,11-12H2,1-2H3,(H,27,28). The van der Waals surface area contributed by atoms with Gasteiger partial charge in [0.25, 0.3) is 0 Å². The van der Waals surface area contributed by atoms with Crippen molar-refractivity contribution in [2.45, 2.75) is 20.4 Å². The van der Waals surface area contributed by atoms with Gasteiger partial charge in [-0.15, -0.1) is 0 Å². The van der Waals surface area contributed by atoms with E-state index in [1.807, 2.05) is 13.0 Å². The lowest BCUT2D eigenvalue weighted by Gasteiger charge is -2.17. The number of nitrogens with one attached hydrogen (secondary N) is 1. The van der Waals surface area contributed by atoms with Gasteiger partial charge in [-0.05, 0) is 49.7 Å². The number of carbonyl (C=O) groups excluding carboxylic acids is 2. The van der Waals surface area contributed by atoms with Crippen LogP contribution in [0.4, 0.5) is 11.4 Å². The zero-order valence-corrected chi connectivity index (χ0v) is 17.0. The highest BCUT2D eigenvalue weighted by Gasteiger charge is 2.28. The smallest absolute Gasteiger partial charge is 0.335 e. The van der Waals surface area contributed by atoms with E-state index < -0.39 is 5.97 Å². The van der Waals surface area contributed by atoms with Crippen molar-refractivity contribution in [1.29, 1.82) is 0 Å². The Balaban J connectivity index is 1.91. The fourth-order valence-electron chi connectivity index (χ4n) is 2.86. The maximum Gasteiger partial charge on any atom is 0.335 e. The molecular formula is C21H21N3O4S. The topological polar surface area (TPSA) is 99.1 Å². The Morgan fingerprint density at radius 3 is 2.48 bits per heavy atom. The highest BCUT2D eigenvalue weighted by atomic mass is 32.2. The average molecular weight is 411 g/mol. The lowest BCUT2D eigenvalue weighted by atomic mass is 10.1. The second kappa shape index (κ2) is 8.91. The Hall–Kier alpha value is -3.13. The first-order valence-corrected chi connectivity index (χ1v) is 10.1. The number of aromatic carboxylic acids is 1. The van der Waals surface area contributed by atoms with Crippen LogP contribution >= 0.6 is 11.8 Å². The van der Waals surface area contributed by atoms with Crippen LogP contribution in [0, 0.1) is 0 Å². The monoisotopic (exact) mass is 411 g/mol. The number of anilines is 1. The van der Waals surface area contributed by atoms with Crippen LogP contribution in [0.25, 0.3) is 0 Å². The Labute approximate surface area is 172 Å². The van der Waals surface area contributed by atoms with Crippen molar-refractivity contribution in [3.63, 3.8) is 0 Å². The third-order valence-corrected chi connectivity index (χ3v) is 5.35. The molecule has 2 aromatic carbocycles. The number of carboxylic acid groups (broad SMARTS) is 1. The van der Waals surface area contributed by atoms with E-state index in [1.54, 1.807) is 29.2 Å². The Morgan fingerprint density at radius 1 is 1.17 bits per heavy atom. The third-order valence-electron chi connectivity index (χ3n) is 4.39. The molecule has 0 aromatic heterocycles. The molecule has 1 saturated heterocycles. The zero-order chi connectivity index (χ0) is 21.0. The number of Topliss-reactive ketones (excluding diaryl/α,β-unsaturated/α-hetero) is 1. The first-order valence-electron chi connectivity index (χ1n) is 9.12. The lowest BCUT2D eigenvalue weighted by molar-refractivity contribution is -0.124. The molecule has 1 amide bonds. The minimum Gasteiger partial charge on any atom is -0.478 e. The lowest BCUT2D eigenvalue weighted by Crippen LogP contribution is -2.28. The number of benzene rings is 2. The van der Waals surface area contributed by atoms with E-state index in [0.717, 1.165) is 11.3 Å². The van der Waals surface area contributed by atoms with Gasteiger partial charge in [0.2, 0.25) is 5.91 Å². The van der Waals surface area contributed by atoms with Gasteiger partial charge in [0.1, 0.15) is 0 Å². The number of rotatable bonds is 7. The molecule has 8 heteroatoms. The molecule has 29 heavy (non-hydrogen) atoms. The van der Waals surface area contributed by atoms with Crippen LogP contribution < -0.4 is 5.32 Å². The third kappa shape index (κ3) is 4.83. The van der Waals surface area contributed by atoms with Gasteiger partial charge < -0.3 is 10.4 Å². The molecule has 1 aliphatic rings. The van der Waals surface area contributed by atoms with Crippen molar-refractivity contribution in [2.75, 3.05) is 17.6 Å². The molecular weight excluding hydrogens is 390 g/mol.